The van der Waals surface area contributed by atoms with E-state index in [1.54, 1.807) is 11.3 Å². The number of nitrogens with zero attached hydrogens (tertiary/aromatic N) is 3. The Morgan fingerprint density at radius 3 is 2.90 bits per heavy atom. The molecule has 2 aromatic heterocycles. The largest absolute Gasteiger partial charge is 0.360 e. The first-order chi connectivity index (χ1) is 9.76. The van der Waals surface area contributed by atoms with Crippen LogP contribution < -0.4 is 5.32 Å². The first kappa shape index (κ1) is 13.0. The Hall–Kier alpha value is -2.01. The topological polar surface area (TPSA) is 50.7 Å². The van der Waals surface area contributed by atoms with Gasteiger partial charge in [-0.3, -0.25) is 4.98 Å². The molecule has 0 saturated carbocycles. The minimum Gasteiger partial charge on any atom is -0.360 e. The summed E-state index contributed by atoms with van der Waals surface area (Å²) in [7, 11) is 0. The lowest BCUT2D eigenvalue weighted by molar-refractivity contribution is 0.964. The predicted molar refractivity (Wildman–Crippen MR) is 84.2 cm³/mol. The molecule has 3 aromatic rings. The summed E-state index contributed by atoms with van der Waals surface area (Å²) < 4.78 is 0. The van der Waals surface area contributed by atoms with Crippen molar-refractivity contribution in [3.05, 3.63) is 36.0 Å². The van der Waals surface area contributed by atoms with Gasteiger partial charge < -0.3 is 5.32 Å². The molecule has 1 aromatic carbocycles. The Labute approximate surface area is 121 Å². The predicted octanol–water partition coefficient (Wildman–Crippen LogP) is 3.88. The molecule has 3 rings (SSSR count). The standard InChI is InChI=1S/C15H16N4S/c1-3-8-16-15-19-18-14(20-15)12-6-7-13-11(9-12)5-4-10(2)17-13/h4-7,9H,3,8H2,1-2H3,(H,16,19). The van der Waals surface area contributed by atoms with Gasteiger partial charge in [-0.1, -0.05) is 24.3 Å². The van der Waals surface area contributed by atoms with E-state index in [4.69, 9.17) is 0 Å². The van der Waals surface area contributed by atoms with Crippen LogP contribution >= 0.6 is 11.3 Å². The zero-order chi connectivity index (χ0) is 13.9. The molecule has 0 saturated heterocycles. The molecule has 0 aliphatic heterocycles. The highest BCUT2D eigenvalue weighted by atomic mass is 32.1. The van der Waals surface area contributed by atoms with E-state index in [1.807, 2.05) is 19.1 Å². The molecule has 102 valence electrons. The summed E-state index contributed by atoms with van der Waals surface area (Å²) >= 11 is 1.58. The van der Waals surface area contributed by atoms with Gasteiger partial charge in [0.1, 0.15) is 5.01 Å². The molecule has 0 unspecified atom stereocenters. The van der Waals surface area contributed by atoms with E-state index in [9.17, 15) is 0 Å². The summed E-state index contributed by atoms with van der Waals surface area (Å²) in [6.07, 6.45) is 1.08. The van der Waals surface area contributed by atoms with Gasteiger partial charge in [0.25, 0.3) is 0 Å². The molecule has 0 bridgehead atoms. The number of hydrogen-bond acceptors (Lipinski definition) is 5. The van der Waals surface area contributed by atoms with E-state index in [0.29, 0.717) is 0 Å². The van der Waals surface area contributed by atoms with E-state index >= 15 is 0 Å². The fourth-order valence-corrected chi connectivity index (χ4v) is 2.77. The Morgan fingerprint density at radius 1 is 1.15 bits per heavy atom. The minimum atomic E-state index is 0.879. The van der Waals surface area contributed by atoms with Crippen LogP contribution in [0.5, 0.6) is 0 Å². The smallest absolute Gasteiger partial charge is 0.206 e. The van der Waals surface area contributed by atoms with E-state index in [2.05, 4.69) is 45.6 Å². The Morgan fingerprint density at radius 2 is 2.05 bits per heavy atom. The van der Waals surface area contributed by atoms with E-state index in [-0.39, 0.29) is 0 Å². The molecule has 0 aliphatic carbocycles. The average molecular weight is 284 g/mol. The maximum atomic E-state index is 4.51. The number of benzene rings is 1. The van der Waals surface area contributed by atoms with Crippen LogP contribution in [0.3, 0.4) is 0 Å². The van der Waals surface area contributed by atoms with Gasteiger partial charge in [-0.2, -0.15) is 0 Å². The van der Waals surface area contributed by atoms with Crippen molar-refractivity contribution >= 4 is 27.4 Å². The summed E-state index contributed by atoms with van der Waals surface area (Å²) in [6.45, 7) is 5.06. The van der Waals surface area contributed by atoms with Gasteiger partial charge in [-0.15, -0.1) is 10.2 Å². The van der Waals surface area contributed by atoms with Crippen molar-refractivity contribution in [1.82, 2.24) is 15.2 Å². The maximum absolute atomic E-state index is 4.51. The molecule has 0 aliphatic rings. The second-order valence-electron chi connectivity index (χ2n) is 4.70. The first-order valence-corrected chi connectivity index (χ1v) is 7.53. The molecule has 2 heterocycles. The molecule has 0 amide bonds. The highest BCUT2D eigenvalue weighted by Crippen LogP contribution is 2.28. The third-order valence-electron chi connectivity index (χ3n) is 3.03. The number of anilines is 1. The third kappa shape index (κ3) is 2.63. The van der Waals surface area contributed by atoms with Gasteiger partial charge in [-0.25, -0.2) is 0 Å². The number of aryl methyl sites for hydroxylation is 1. The molecule has 4 nitrogen and oxygen atoms in total. The van der Waals surface area contributed by atoms with Crippen molar-refractivity contribution in [3.63, 3.8) is 0 Å². The average Bonchev–Trinajstić information content (AvgIpc) is 2.93. The summed E-state index contributed by atoms with van der Waals surface area (Å²) in [6, 6.07) is 10.3. The fraction of sp³-hybridized carbons (Fsp3) is 0.267. The van der Waals surface area contributed by atoms with Gasteiger partial charge in [0, 0.05) is 23.2 Å². The van der Waals surface area contributed by atoms with Crippen LogP contribution in [0.15, 0.2) is 30.3 Å². The third-order valence-corrected chi connectivity index (χ3v) is 3.96. The number of aromatic nitrogens is 3. The van der Waals surface area contributed by atoms with Crippen molar-refractivity contribution in [1.29, 1.82) is 0 Å². The molecule has 0 spiro atoms. The van der Waals surface area contributed by atoms with E-state index in [1.165, 1.54) is 0 Å². The van der Waals surface area contributed by atoms with Crippen LogP contribution in [-0.4, -0.2) is 21.7 Å². The van der Waals surface area contributed by atoms with Crippen LogP contribution in [0, 0.1) is 6.92 Å². The molecule has 1 N–H and O–H groups in total. The number of rotatable bonds is 4. The van der Waals surface area contributed by atoms with Crippen LogP contribution in [0.2, 0.25) is 0 Å². The summed E-state index contributed by atoms with van der Waals surface area (Å²) in [4.78, 5) is 4.51. The van der Waals surface area contributed by atoms with Crippen molar-refractivity contribution in [2.75, 3.05) is 11.9 Å². The van der Waals surface area contributed by atoms with Gasteiger partial charge >= 0.3 is 0 Å². The molecule has 20 heavy (non-hydrogen) atoms. The summed E-state index contributed by atoms with van der Waals surface area (Å²) in [5.41, 5.74) is 3.14. The molecule has 0 atom stereocenters. The van der Waals surface area contributed by atoms with Gasteiger partial charge in [-0.05, 0) is 37.6 Å². The van der Waals surface area contributed by atoms with E-state index in [0.717, 1.165) is 45.3 Å². The highest BCUT2D eigenvalue weighted by Gasteiger charge is 2.07. The number of pyridine rings is 1. The zero-order valence-corrected chi connectivity index (χ0v) is 12.4. The normalized spacial score (nSPS) is 10.9. The Bertz CT molecular complexity index is 736. The molecule has 0 fully saturated rings. The lowest BCUT2D eigenvalue weighted by Gasteiger charge is -2.01. The zero-order valence-electron chi connectivity index (χ0n) is 11.6. The summed E-state index contributed by atoms with van der Waals surface area (Å²) in [5, 5.41) is 14.6. The van der Waals surface area contributed by atoms with Crippen LogP contribution in [-0.2, 0) is 0 Å². The quantitative estimate of drug-likeness (QED) is 0.790. The molecular formula is C15H16N4S. The number of fused-ring (bicyclic) bond motifs is 1. The van der Waals surface area contributed by atoms with Crippen LogP contribution in [0.25, 0.3) is 21.5 Å². The van der Waals surface area contributed by atoms with Crippen LogP contribution in [0.4, 0.5) is 5.13 Å². The number of nitrogens with one attached hydrogen (secondary N) is 1. The van der Waals surface area contributed by atoms with Crippen LogP contribution in [0.1, 0.15) is 19.0 Å². The molecule has 5 heteroatoms. The van der Waals surface area contributed by atoms with Gasteiger partial charge in [0.05, 0.1) is 5.52 Å². The lowest BCUT2D eigenvalue weighted by atomic mass is 10.1. The van der Waals surface area contributed by atoms with Gasteiger partial charge in [0.2, 0.25) is 5.13 Å². The monoisotopic (exact) mass is 284 g/mol. The lowest BCUT2D eigenvalue weighted by Crippen LogP contribution is -1.98. The Balaban J connectivity index is 1.93. The molecular weight excluding hydrogens is 268 g/mol. The maximum Gasteiger partial charge on any atom is 0.206 e. The van der Waals surface area contributed by atoms with Crippen molar-refractivity contribution < 1.29 is 0 Å². The van der Waals surface area contributed by atoms with Crippen molar-refractivity contribution in [2.45, 2.75) is 20.3 Å². The van der Waals surface area contributed by atoms with Gasteiger partial charge in [0.15, 0.2) is 0 Å². The van der Waals surface area contributed by atoms with Crippen molar-refractivity contribution in [3.8, 4) is 10.6 Å². The minimum absolute atomic E-state index is 0.879. The fourth-order valence-electron chi connectivity index (χ4n) is 2.00. The van der Waals surface area contributed by atoms with E-state index < -0.39 is 0 Å². The molecule has 0 radical (unpaired) electrons. The van der Waals surface area contributed by atoms with Crippen molar-refractivity contribution in [2.24, 2.45) is 0 Å². The summed E-state index contributed by atoms with van der Waals surface area (Å²) in [5.74, 6) is 0. The highest BCUT2D eigenvalue weighted by molar-refractivity contribution is 7.18. The second kappa shape index (κ2) is 5.54. The second-order valence-corrected chi connectivity index (χ2v) is 5.68. The Kier molecular flexibility index (Phi) is 3.60. The first-order valence-electron chi connectivity index (χ1n) is 6.71. The SMILES string of the molecule is CCCNc1nnc(-c2ccc3nc(C)ccc3c2)s1. The number of hydrogen-bond donors (Lipinski definition) is 1.